The van der Waals surface area contributed by atoms with Gasteiger partial charge in [0.25, 0.3) is 0 Å². The van der Waals surface area contributed by atoms with Crippen LogP contribution in [-0.4, -0.2) is 61.0 Å². The Balaban J connectivity index is 1.16. The number of anilines is 1. The van der Waals surface area contributed by atoms with Gasteiger partial charge in [0.05, 0.1) is 12.5 Å². The number of hydrogen-bond acceptors (Lipinski definition) is 6. The Morgan fingerprint density at radius 3 is 2.80 bits per heavy atom. The van der Waals surface area contributed by atoms with E-state index >= 15 is 0 Å². The van der Waals surface area contributed by atoms with Crippen molar-refractivity contribution in [3.8, 4) is 0 Å². The summed E-state index contributed by atoms with van der Waals surface area (Å²) in [4.78, 5) is 9.92. The van der Waals surface area contributed by atoms with Gasteiger partial charge in [-0.1, -0.05) is 11.2 Å². The van der Waals surface area contributed by atoms with Crippen molar-refractivity contribution in [2.45, 2.75) is 63.3 Å². The van der Waals surface area contributed by atoms with Crippen molar-refractivity contribution in [3.63, 3.8) is 0 Å². The summed E-state index contributed by atoms with van der Waals surface area (Å²) in [5, 5.41) is 4.14. The average molecular weight is 411 g/mol. The molecule has 6 heteroatoms. The summed E-state index contributed by atoms with van der Waals surface area (Å²) >= 11 is 0. The number of aryl methyl sites for hydroxylation is 2. The van der Waals surface area contributed by atoms with Gasteiger partial charge in [-0.2, -0.15) is 4.98 Å². The highest BCUT2D eigenvalue weighted by atomic mass is 16.5. The zero-order chi connectivity index (χ0) is 20.3. The molecule has 2 aromatic rings. The average Bonchev–Trinajstić information content (AvgIpc) is 3.47. The highest BCUT2D eigenvalue weighted by molar-refractivity contribution is 5.52. The topological polar surface area (TPSA) is 54.6 Å². The van der Waals surface area contributed by atoms with E-state index in [2.05, 4.69) is 38.1 Å². The van der Waals surface area contributed by atoms with Crippen LogP contribution in [-0.2, 0) is 24.0 Å². The lowest BCUT2D eigenvalue weighted by molar-refractivity contribution is 0.118. The summed E-state index contributed by atoms with van der Waals surface area (Å²) in [6.07, 6.45) is 9.42. The van der Waals surface area contributed by atoms with Gasteiger partial charge in [-0.05, 0) is 74.8 Å². The molecule has 1 aromatic heterocycles. The third kappa shape index (κ3) is 4.26. The maximum atomic E-state index is 5.60. The fourth-order valence-corrected chi connectivity index (χ4v) is 5.51. The minimum atomic E-state index is 0.372. The Morgan fingerprint density at radius 1 is 1.07 bits per heavy atom. The first-order chi connectivity index (χ1) is 14.8. The molecule has 1 aromatic carbocycles. The third-order valence-electron chi connectivity index (χ3n) is 7.24. The first-order valence-electron chi connectivity index (χ1n) is 11.7. The fourth-order valence-electron chi connectivity index (χ4n) is 5.51. The second kappa shape index (κ2) is 9.06. The van der Waals surface area contributed by atoms with Gasteiger partial charge in [0.2, 0.25) is 5.89 Å². The molecule has 6 nitrogen and oxygen atoms in total. The monoisotopic (exact) mass is 410 g/mol. The van der Waals surface area contributed by atoms with Crippen LogP contribution in [0.15, 0.2) is 22.7 Å². The van der Waals surface area contributed by atoms with Crippen LogP contribution in [0.1, 0.15) is 60.9 Å². The van der Waals surface area contributed by atoms with E-state index in [0.29, 0.717) is 18.6 Å². The fraction of sp³-hybridized carbons (Fsp3) is 0.667. The minimum Gasteiger partial charge on any atom is -0.384 e. The van der Waals surface area contributed by atoms with Crippen LogP contribution in [0.25, 0.3) is 0 Å². The number of ether oxygens (including phenoxy) is 1. The Hall–Kier alpha value is -1.92. The van der Waals surface area contributed by atoms with Crippen molar-refractivity contribution in [2.24, 2.45) is 0 Å². The summed E-state index contributed by atoms with van der Waals surface area (Å²) in [5.74, 6) is 1.96. The van der Waals surface area contributed by atoms with E-state index in [0.717, 1.165) is 44.2 Å². The maximum Gasteiger partial charge on any atom is 0.231 e. The summed E-state index contributed by atoms with van der Waals surface area (Å²) in [5.41, 5.74) is 4.58. The standard InChI is InChI=1S/C24H34N4O2/c1-29-15-11-23-25-24(30-26-23)20-6-3-12-28(17-20)21-9-13-27(14-10-21)22-8-7-18-4-2-5-19(18)16-22/h7-8,16,20-21H,2-6,9-15,17H2,1H3. The molecule has 0 saturated carbocycles. The van der Waals surface area contributed by atoms with Crippen LogP contribution in [0.5, 0.6) is 0 Å². The van der Waals surface area contributed by atoms with Gasteiger partial charge in [-0.15, -0.1) is 0 Å². The predicted octanol–water partition coefficient (Wildman–Crippen LogP) is 3.60. The van der Waals surface area contributed by atoms with Gasteiger partial charge in [0.15, 0.2) is 5.82 Å². The summed E-state index contributed by atoms with van der Waals surface area (Å²) in [6, 6.07) is 7.84. The largest absolute Gasteiger partial charge is 0.384 e. The molecule has 0 N–H and O–H groups in total. The van der Waals surface area contributed by atoms with Crippen molar-refractivity contribution in [2.75, 3.05) is 44.8 Å². The molecule has 162 valence electrons. The van der Waals surface area contributed by atoms with Crippen molar-refractivity contribution in [3.05, 3.63) is 41.0 Å². The van der Waals surface area contributed by atoms with Gasteiger partial charge in [0.1, 0.15) is 0 Å². The molecule has 30 heavy (non-hydrogen) atoms. The zero-order valence-corrected chi connectivity index (χ0v) is 18.2. The molecule has 0 amide bonds. The number of fused-ring (bicyclic) bond motifs is 1. The third-order valence-corrected chi connectivity index (χ3v) is 7.24. The first-order valence-corrected chi connectivity index (χ1v) is 11.7. The molecule has 0 spiro atoms. The summed E-state index contributed by atoms with van der Waals surface area (Å²) in [6.45, 7) is 5.21. The maximum absolute atomic E-state index is 5.60. The minimum absolute atomic E-state index is 0.372. The Kier molecular flexibility index (Phi) is 6.05. The molecule has 2 saturated heterocycles. The van der Waals surface area contributed by atoms with Gasteiger partial charge in [-0.25, -0.2) is 0 Å². The van der Waals surface area contributed by atoms with E-state index in [4.69, 9.17) is 9.26 Å². The smallest absolute Gasteiger partial charge is 0.231 e. The number of likely N-dealkylation sites (tertiary alicyclic amines) is 1. The molecule has 3 aliphatic rings. The van der Waals surface area contributed by atoms with E-state index in [9.17, 15) is 0 Å². The molecule has 1 aliphatic carbocycles. The number of benzene rings is 1. The zero-order valence-electron chi connectivity index (χ0n) is 18.2. The highest BCUT2D eigenvalue weighted by Gasteiger charge is 2.32. The highest BCUT2D eigenvalue weighted by Crippen LogP contribution is 2.32. The molecule has 2 fully saturated rings. The molecule has 2 aliphatic heterocycles. The molecular formula is C24H34N4O2. The predicted molar refractivity (Wildman–Crippen MR) is 117 cm³/mol. The van der Waals surface area contributed by atoms with E-state index in [-0.39, 0.29) is 0 Å². The van der Waals surface area contributed by atoms with Crippen molar-refractivity contribution >= 4 is 5.69 Å². The van der Waals surface area contributed by atoms with Crippen molar-refractivity contribution in [1.29, 1.82) is 0 Å². The van der Waals surface area contributed by atoms with E-state index in [1.165, 1.54) is 50.8 Å². The molecule has 1 atom stereocenters. The van der Waals surface area contributed by atoms with Gasteiger partial charge in [0, 0.05) is 44.9 Å². The van der Waals surface area contributed by atoms with Crippen LogP contribution in [0.3, 0.4) is 0 Å². The normalized spacial score (nSPS) is 23.1. The van der Waals surface area contributed by atoms with Crippen LogP contribution in [0, 0.1) is 0 Å². The quantitative estimate of drug-likeness (QED) is 0.725. The second-order valence-corrected chi connectivity index (χ2v) is 9.15. The Morgan fingerprint density at radius 2 is 1.93 bits per heavy atom. The number of nitrogens with zero attached hydrogens (tertiary/aromatic N) is 4. The lowest BCUT2D eigenvalue weighted by atomic mass is 9.93. The van der Waals surface area contributed by atoms with Crippen molar-refractivity contribution < 1.29 is 9.26 Å². The van der Waals surface area contributed by atoms with Gasteiger partial charge >= 0.3 is 0 Å². The first kappa shape index (κ1) is 20.0. The van der Waals surface area contributed by atoms with Crippen LogP contribution < -0.4 is 4.90 Å². The Labute approximate surface area is 179 Å². The van der Waals surface area contributed by atoms with Crippen LogP contribution in [0.2, 0.25) is 0 Å². The molecule has 0 bridgehead atoms. The van der Waals surface area contributed by atoms with E-state index in [1.54, 1.807) is 18.2 Å². The van der Waals surface area contributed by atoms with Crippen molar-refractivity contribution in [1.82, 2.24) is 15.0 Å². The van der Waals surface area contributed by atoms with E-state index < -0.39 is 0 Å². The van der Waals surface area contributed by atoms with Crippen LogP contribution in [0.4, 0.5) is 5.69 Å². The molecule has 3 heterocycles. The SMILES string of the molecule is COCCc1noc(C2CCCN(C3CCN(c4ccc5c(c4)CCC5)CC3)C2)n1. The van der Waals surface area contributed by atoms with E-state index in [1.807, 2.05) is 0 Å². The lowest BCUT2D eigenvalue weighted by Crippen LogP contribution is -2.48. The van der Waals surface area contributed by atoms with Crippen LogP contribution >= 0.6 is 0 Å². The van der Waals surface area contributed by atoms with Gasteiger partial charge in [-0.3, -0.25) is 4.90 Å². The Bertz CT molecular complexity index is 843. The molecule has 5 rings (SSSR count). The second-order valence-electron chi connectivity index (χ2n) is 9.15. The lowest BCUT2D eigenvalue weighted by Gasteiger charge is -2.42. The summed E-state index contributed by atoms with van der Waals surface area (Å²) in [7, 11) is 1.70. The number of hydrogen-bond donors (Lipinski definition) is 0. The number of piperidine rings is 2. The molecule has 0 radical (unpaired) electrons. The van der Waals surface area contributed by atoms with Gasteiger partial charge < -0.3 is 14.2 Å². The summed E-state index contributed by atoms with van der Waals surface area (Å²) < 4.78 is 10.7. The number of aromatic nitrogens is 2. The molecule has 1 unspecified atom stereocenters. The molecular weight excluding hydrogens is 376 g/mol. The number of methoxy groups -OCH3 is 1. The number of rotatable bonds is 6.